The molecule has 146 valence electrons. The third-order valence-electron chi connectivity index (χ3n) is 4.01. The Hall–Kier alpha value is -2.42. The summed E-state index contributed by atoms with van der Waals surface area (Å²) in [5.74, 6) is -0.180. The number of benzene rings is 2. The maximum absolute atomic E-state index is 12.8. The van der Waals surface area contributed by atoms with Gasteiger partial charge in [-0.1, -0.05) is 30.3 Å². The number of sulfone groups is 1. The largest absolute Gasteiger partial charge is 0.396 e. The molecule has 1 heterocycles. The van der Waals surface area contributed by atoms with Crippen molar-refractivity contribution in [2.24, 2.45) is 4.99 Å². The summed E-state index contributed by atoms with van der Waals surface area (Å²) in [5, 5.41) is 9.69. The number of hydrogen-bond donors (Lipinski definition) is 1. The summed E-state index contributed by atoms with van der Waals surface area (Å²) in [7, 11) is -3.26. The number of amides is 1. The molecule has 0 aliphatic carbocycles. The zero-order chi connectivity index (χ0) is 20.1. The van der Waals surface area contributed by atoms with Crippen molar-refractivity contribution in [2.75, 3.05) is 19.4 Å². The standard InChI is InChI=1S/C20H20N2O4S2/c1-28(25,26)17-10-8-15(9-11-17)14-18-19(24)22(12-5-13-23)20(27-18)21-16-6-3-2-4-7-16/h2-4,6-11,14,23H,5,12-13H2,1H3/b18-14-,21-20?. The number of rotatable bonds is 6. The quantitative estimate of drug-likeness (QED) is 0.732. The number of aliphatic hydroxyl groups excluding tert-OH is 1. The molecule has 0 saturated carbocycles. The molecule has 2 aromatic carbocycles. The average molecular weight is 417 g/mol. The van der Waals surface area contributed by atoms with Gasteiger partial charge in [-0.3, -0.25) is 9.69 Å². The number of carbonyl (C=O) groups is 1. The molecule has 0 unspecified atom stereocenters. The minimum absolute atomic E-state index is 0.0148. The Labute approximate surface area is 168 Å². The normalized spacial score (nSPS) is 17.6. The van der Waals surface area contributed by atoms with Gasteiger partial charge in [0.25, 0.3) is 5.91 Å². The van der Waals surface area contributed by atoms with Crippen LogP contribution in [0.3, 0.4) is 0 Å². The Kier molecular flexibility index (Phi) is 6.33. The highest BCUT2D eigenvalue weighted by Crippen LogP contribution is 2.34. The van der Waals surface area contributed by atoms with Gasteiger partial charge < -0.3 is 5.11 Å². The van der Waals surface area contributed by atoms with E-state index in [-0.39, 0.29) is 17.4 Å². The third kappa shape index (κ3) is 4.89. The van der Waals surface area contributed by atoms with Crippen LogP contribution in [-0.2, 0) is 14.6 Å². The minimum atomic E-state index is -3.26. The van der Waals surface area contributed by atoms with Crippen LogP contribution in [0.4, 0.5) is 5.69 Å². The lowest BCUT2D eigenvalue weighted by atomic mass is 10.2. The molecule has 3 rings (SSSR count). The fourth-order valence-electron chi connectivity index (χ4n) is 2.59. The Morgan fingerprint density at radius 2 is 1.79 bits per heavy atom. The fraction of sp³-hybridized carbons (Fsp3) is 0.200. The Morgan fingerprint density at radius 1 is 1.11 bits per heavy atom. The van der Waals surface area contributed by atoms with Crippen LogP contribution in [0, 0.1) is 0 Å². The van der Waals surface area contributed by atoms with Crippen molar-refractivity contribution in [3.63, 3.8) is 0 Å². The number of amidine groups is 1. The van der Waals surface area contributed by atoms with Crippen molar-refractivity contribution < 1.29 is 18.3 Å². The van der Waals surface area contributed by atoms with Gasteiger partial charge in [0, 0.05) is 19.4 Å². The van der Waals surface area contributed by atoms with Gasteiger partial charge in [0.1, 0.15) is 0 Å². The molecule has 0 bridgehead atoms. The third-order valence-corrected chi connectivity index (χ3v) is 6.15. The number of thioether (sulfide) groups is 1. The molecule has 0 aromatic heterocycles. The second-order valence-electron chi connectivity index (χ2n) is 6.22. The average Bonchev–Trinajstić information content (AvgIpc) is 2.95. The van der Waals surface area contributed by atoms with Gasteiger partial charge in [0.2, 0.25) is 0 Å². The van der Waals surface area contributed by atoms with E-state index in [1.807, 2.05) is 30.3 Å². The van der Waals surface area contributed by atoms with E-state index in [9.17, 15) is 13.2 Å². The first-order valence-corrected chi connectivity index (χ1v) is 11.4. The zero-order valence-electron chi connectivity index (χ0n) is 15.3. The fourth-order valence-corrected chi connectivity index (χ4v) is 4.25. The van der Waals surface area contributed by atoms with E-state index >= 15 is 0 Å². The Balaban J connectivity index is 1.90. The molecule has 1 aliphatic rings. The van der Waals surface area contributed by atoms with E-state index in [4.69, 9.17) is 5.11 Å². The van der Waals surface area contributed by atoms with Crippen molar-refractivity contribution in [1.29, 1.82) is 0 Å². The maximum atomic E-state index is 12.8. The monoisotopic (exact) mass is 416 g/mol. The van der Waals surface area contributed by atoms with Gasteiger partial charge in [0.15, 0.2) is 15.0 Å². The van der Waals surface area contributed by atoms with E-state index < -0.39 is 9.84 Å². The van der Waals surface area contributed by atoms with E-state index in [1.54, 1.807) is 23.1 Å². The molecule has 1 N–H and O–H groups in total. The van der Waals surface area contributed by atoms with Crippen molar-refractivity contribution in [1.82, 2.24) is 4.90 Å². The molecule has 1 fully saturated rings. The smallest absolute Gasteiger partial charge is 0.266 e. The highest BCUT2D eigenvalue weighted by atomic mass is 32.2. The number of aliphatic hydroxyl groups is 1. The van der Waals surface area contributed by atoms with Crippen LogP contribution in [0.1, 0.15) is 12.0 Å². The van der Waals surface area contributed by atoms with E-state index in [2.05, 4.69) is 4.99 Å². The van der Waals surface area contributed by atoms with Crippen LogP contribution in [0.2, 0.25) is 0 Å². The zero-order valence-corrected chi connectivity index (χ0v) is 16.9. The van der Waals surface area contributed by atoms with Crippen LogP contribution in [-0.4, -0.2) is 48.9 Å². The number of carbonyl (C=O) groups excluding carboxylic acids is 1. The summed E-state index contributed by atoms with van der Waals surface area (Å²) >= 11 is 1.26. The minimum Gasteiger partial charge on any atom is -0.396 e. The van der Waals surface area contributed by atoms with Gasteiger partial charge in [-0.2, -0.15) is 0 Å². The molecule has 1 saturated heterocycles. The second kappa shape index (κ2) is 8.72. The molecule has 0 spiro atoms. The van der Waals surface area contributed by atoms with Gasteiger partial charge >= 0.3 is 0 Å². The molecule has 6 nitrogen and oxygen atoms in total. The number of nitrogens with zero attached hydrogens (tertiary/aromatic N) is 2. The van der Waals surface area contributed by atoms with Crippen molar-refractivity contribution in [2.45, 2.75) is 11.3 Å². The van der Waals surface area contributed by atoms with Crippen LogP contribution < -0.4 is 0 Å². The summed E-state index contributed by atoms with van der Waals surface area (Å²) in [5.41, 5.74) is 1.47. The molecular weight excluding hydrogens is 396 g/mol. The molecular formula is C20H20N2O4S2. The van der Waals surface area contributed by atoms with Crippen molar-refractivity contribution in [3.05, 3.63) is 65.1 Å². The van der Waals surface area contributed by atoms with Gasteiger partial charge in [-0.05, 0) is 54.1 Å². The maximum Gasteiger partial charge on any atom is 0.266 e. The summed E-state index contributed by atoms with van der Waals surface area (Å²) in [6.07, 6.45) is 3.33. The van der Waals surface area contributed by atoms with Crippen LogP contribution in [0.5, 0.6) is 0 Å². The highest BCUT2D eigenvalue weighted by molar-refractivity contribution is 8.18. The molecule has 2 aromatic rings. The summed E-state index contributed by atoms with van der Waals surface area (Å²) < 4.78 is 23.2. The first-order valence-electron chi connectivity index (χ1n) is 8.64. The van der Waals surface area contributed by atoms with Gasteiger partial charge in [0.05, 0.1) is 15.5 Å². The predicted octanol–water partition coefficient (Wildman–Crippen LogP) is 3.08. The summed E-state index contributed by atoms with van der Waals surface area (Å²) in [4.78, 5) is 19.7. The Morgan fingerprint density at radius 3 is 2.39 bits per heavy atom. The molecule has 0 radical (unpaired) electrons. The topological polar surface area (TPSA) is 87.0 Å². The van der Waals surface area contributed by atoms with Gasteiger partial charge in [-0.15, -0.1) is 0 Å². The molecule has 1 aliphatic heterocycles. The SMILES string of the molecule is CS(=O)(=O)c1ccc(/C=C2\SC(=Nc3ccccc3)N(CCCO)C2=O)cc1. The lowest BCUT2D eigenvalue weighted by Crippen LogP contribution is -2.30. The Bertz CT molecular complexity index is 1010. The molecule has 0 atom stereocenters. The lowest BCUT2D eigenvalue weighted by Gasteiger charge is -2.14. The van der Waals surface area contributed by atoms with E-state index in [0.29, 0.717) is 23.0 Å². The predicted molar refractivity (Wildman–Crippen MR) is 112 cm³/mol. The first kappa shape index (κ1) is 20.3. The number of hydrogen-bond acceptors (Lipinski definition) is 6. The second-order valence-corrected chi connectivity index (χ2v) is 9.24. The van der Waals surface area contributed by atoms with Gasteiger partial charge in [-0.25, -0.2) is 13.4 Å². The first-order chi connectivity index (χ1) is 13.4. The van der Waals surface area contributed by atoms with Crippen molar-refractivity contribution >= 4 is 44.4 Å². The van der Waals surface area contributed by atoms with E-state index in [1.165, 1.54) is 23.9 Å². The number of aliphatic imine (C=N–C) groups is 1. The highest BCUT2D eigenvalue weighted by Gasteiger charge is 2.33. The molecule has 1 amide bonds. The summed E-state index contributed by atoms with van der Waals surface area (Å²) in [6.45, 7) is 0.359. The number of para-hydroxylation sites is 1. The summed E-state index contributed by atoms with van der Waals surface area (Å²) in [6, 6.07) is 15.7. The molecule has 28 heavy (non-hydrogen) atoms. The van der Waals surface area contributed by atoms with Crippen LogP contribution in [0.25, 0.3) is 6.08 Å². The van der Waals surface area contributed by atoms with Crippen molar-refractivity contribution in [3.8, 4) is 0 Å². The van der Waals surface area contributed by atoms with E-state index in [0.717, 1.165) is 17.5 Å². The van der Waals surface area contributed by atoms with Crippen LogP contribution >= 0.6 is 11.8 Å². The molecule has 8 heteroatoms. The lowest BCUT2D eigenvalue weighted by molar-refractivity contribution is -0.122. The van der Waals surface area contributed by atoms with Crippen LogP contribution in [0.15, 0.2) is 69.4 Å².